The van der Waals surface area contributed by atoms with Crippen molar-refractivity contribution in [3.63, 3.8) is 0 Å². The molecule has 0 aliphatic heterocycles. The van der Waals surface area contributed by atoms with E-state index in [0.717, 1.165) is 23.6 Å². The van der Waals surface area contributed by atoms with Gasteiger partial charge in [-0.1, -0.05) is 12.1 Å². The first-order valence-electron chi connectivity index (χ1n) is 7.97. The molecule has 130 valence electrons. The number of benzene rings is 1. The van der Waals surface area contributed by atoms with Crippen molar-refractivity contribution in [1.82, 2.24) is 14.7 Å². The number of hydrogen-bond donors (Lipinski definition) is 1. The van der Waals surface area contributed by atoms with Crippen LogP contribution in [0.4, 0.5) is 5.69 Å². The smallest absolute Gasteiger partial charge is 0.241 e. The number of aromatic nitrogens is 2. The zero-order valence-electron chi connectivity index (χ0n) is 15.3. The molecule has 24 heavy (non-hydrogen) atoms. The van der Waals surface area contributed by atoms with Crippen LogP contribution in [-0.4, -0.2) is 39.9 Å². The van der Waals surface area contributed by atoms with E-state index in [2.05, 4.69) is 40.9 Å². The number of carbonyl (C=O) groups excluding carboxylic acids is 1. The first-order chi connectivity index (χ1) is 11.3. The van der Waals surface area contributed by atoms with Crippen molar-refractivity contribution < 1.29 is 4.79 Å². The van der Waals surface area contributed by atoms with Crippen LogP contribution in [0.15, 0.2) is 29.2 Å². The Balaban J connectivity index is 2.01. The molecule has 2 aromatic rings. The Morgan fingerprint density at radius 3 is 2.46 bits per heavy atom. The van der Waals surface area contributed by atoms with Crippen molar-refractivity contribution in [2.75, 3.05) is 18.6 Å². The van der Waals surface area contributed by atoms with Crippen LogP contribution >= 0.6 is 11.8 Å². The molecular weight excluding hydrogens is 320 g/mol. The van der Waals surface area contributed by atoms with Gasteiger partial charge in [-0.05, 0) is 51.8 Å². The molecule has 0 saturated heterocycles. The van der Waals surface area contributed by atoms with Crippen molar-refractivity contribution in [1.29, 1.82) is 0 Å². The summed E-state index contributed by atoms with van der Waals surface area (Å²) in [5.41, 5.74) is 3.81. The lowest BCUT2D eigenvalue weighted by molar-refractivity contribution is -0.120. The molecule has 0 spiro atoms. The van der Waals surface area contributed by atoms with Crippen molar-refractivity contribution in [3.8, 4) is 0 Å². The van der Waals surface area contributed by atoms with E-state index < -0.39 is 0 Å². The lowest BCUT2D eigenvalue weighted by Gasteiger charge is -2.24. The predicted molar refractivity (Wildman–Crippen MR) is 100 cm³/mol. The normalized spacial score (nSPS) is 12.5. The number of rotatable bonds is 6. The second-order valence-corrected chi connectivity index (χ2v) is 6.98. The largest absolute Gasteiger partial charge is 0.322 e. The van der Waals surface area contributed by atoms with Crippen LogP contribution in [0, 0.1) is 13.8 Å². The molecule has 1 atom stereocenters. The van der Waals surface area contributed by atoms with Gasteiger partial charge >= 0.3 is 0 Å². The first kappa shape index (κ1) is 18.5. The Morgan fingerprint density at radius 1 is 1.33 bits per heavy atom. The average molecular weight is 347 g/mol. The predicted octanol–water partition coefficient (Wildman–Crippen LogP) is 3.22. The van der Waals surface area contributed by atoms with Gasteiger partial charge in [-0.3, -0.25) is 14.4 Å². The summed E-state index contributed by atoms with van der Waals surface area (Å²) in [6.45, 7) is 6.52. The molecule has 2 rings (SSSR count). The number of amides is 1. The molecule has 5 nitrogen and oxygen atoms in total. The van der Waals surface area contributed by atoms with Gasteiger partial charge in [0.1, 0.15) is 0 Å². The molecule has 0 aliphatic rings. The van der Waals surface area contributed by atoms with Gasteiger partial charge in [0.2, 0.25) is 5.91 Å². The molecular formula is C18H26N4OS. The molecule has 0 radical (unpaired) electrons. The van der Waals surface area contributed by atoms with Gasteiger partial charge in [-0.25, -0.2) is 0 Å². The van der Waals surface area contributed by atoms with Crippen LogP contribution in [0.1, 0.15) is 23.9 Å². The van der Waals surface area contributed by atoms with Gasteiger partial charge in [-0.15, -0.1) is 11.8 Å². The fraction of sp³-hybridized carbons (Fsp3) is 0.444. The number of nitrogens with one attached hydrogen (secondary N) is 1. The Hall–Kier alpha value is -1.79. The fourth-order valence-electron chi connectivity index (χ4n) is 2.54. The highest BCUT2D eigenvalue weighted by Gasteiger charge is 2.21. The number of thioether (sulfide) groups is 1. The average Bonchev–Trinajstić information content (AvgIpc) is 2.81. The van der Waals surface area contributed by atoms with E-state index in [1.54, 1.807) is 16.4 Å². The summed E-state index contributed by atoms with van der Waals surface area (Å²) in [5, 5.41) is 7.36. The molecule has 1 N–H and O–H groups in total. The number of anilines is 1. The quantitative estimate of drug-likeness (QED) is 0.816. The maximum atomic E-state index is 12.6. The van der Waals surface area contributed by atoms with E-state index in [9.17, 15) is 4.79 Å². The van der Waals surface area contributed by atoms with Gasteiger partial charge in [0.05, 0.1) is 23.1 Å². The summed E-state index contributed by atoms with van der Waals surface area (Å²) in [6.07, 6.45) is 2.07. The number of aryl methyl sites for hydroxylation is 2. The molecule has 0 unspecified atom stereocenters. The highest BCUT2D eigenvalue weighted by atomic mass is 32.2. The van der Waals surface area contributed by atoms with Gasteiger partial charge in [0, 0.05) is 18.5 Å². The van der Waals surface area contributed by atoms with E-state index in [0.29, 0.717) is 0 Å². The van der Waals surface area contributed by atoms with Crippen LogP contribution < -0.4 is 5.32 Å². The van der Waals surface area contributed by atoms with Gasteiger partial charge < -0.3 is 5.32 Å². The third-order valence-corrected chi connectivity index (χ3v) is 5.13. The molecule has 1 heterocycles. The zero-order chi connectivity index (χ0) is 17.9. The molecule has 1 aromatic carbocycles. The topological polar surface area (TPSA) is 50.2 Å². The second-order valence-electron chi connectivity index (χ2n) is 6.10. The third kappa shape index (κ3) is 4.19. The Kier molecular flexibility index (Phi) is 6.07. The van der Waals surface area contributed by atoms with Crippen LogP contribution in [-0.2, 0) is 18.4 Å². The second kappa shape index (κ2) is 7.85. The first-order valence-corrected chi connectivity index (χ1v) is 9.20. The van der Waals surface area contributed by atoms with Crippen molar-refractivity contribution in [3.05, 3.63) is 41.2 Å². The molecule has 0 bridgehead atoms. The van der Waals surface area contributed by atoms with E-state index in [1.807, 2.05) is 39.8 Å². The highest BCUT2D eigenvalue weighted by molar-refractivity contribution is 7.98. The number of likely N-dealkylation sites (N-methyl/N-ethyl adjacent to an activating group) is 1. The molecule has 0 saturated carbocycles. The van der Waals surface area contributed by atoms with E-state index >= 15 is 0 Å². The van der Waals surface area contributed by atoms with Crippen molar-refractivity contribution in [2.24, 2.45) is 7.05 Å². The minimum atomic E-state index is -0.232. The summed E-state index contributed by atoms with van der Waals surface area (Å²) in [4.78, 5) is 15.9. The Bertz CT molecular complexity index is 709. The fourth-order valence-corrected chi connectivity index (χ4v) is 2.95. The molecule has 0 fully saturated rings. The highest BCUT2D eigenvalue weighted by Crippen LogP contribution is 2.20. The lowest BCUT2D eigenvalue weighted by atomic mass is 10.2. The maximum absolute atomic E-state index is 12.6. The number of carbonyl (C=O) groups is 1. The summed E-state index contributed by atoms with van der Waals surface area (Å²) in [7, 11) is 3.85. The molecule has 0 aliphatic carbocycles. The van der Waals surface area contributed by atoms with Crippen molar-refractivity contribution >= 4 is 23.4 Å². The number of nitrogens with zero attached hydrogens (tertiary/aromatic N) is 3. The zero-order valence-corrected chi connectivity index (χ0v) is 16.1. The summed E-state index contributed by atoms with van der Waals surface area (Å²) in [6, 6.07) is 8.22. The van der Waals surface area contributed by atoms with Crippen LogP contribution in [0.25, 0.3) is 0 Å². The van der Waals surface area contributed by atoms with E-state index in [1.165, 1.54) is 10.5 Å². The SMILES string of the molecule is CSc1ccc(CN(C)[C@@H](C)C(=O)Nc2c(C)nn(C)c2C)cc1. The Morgan fingerprint density at radius 2 is 1.96 bits per heavy atom. The van der Waals surface area contributed by atoms with Crippen LogP contribution in [0.3, 0.4) is 0 Å². The van der Waals surface area contributed by atoms with Gasteiger partial charge in [0.25, 0.3) is 0 Å². The van der Waals surface area contributed by atoms with Crippen LogP contribution in [0.2, 0.25) is 0 Å². The van der Waals surface area contributed by atoms with Crippen LogP contribution in [0.5, 0.6) is 0 Å². The standard InChI is InChI=1S/C18H26N4OS/c1-12-17(13(2)22(5)20-12)19-18(23)14(3)21(4)11-15-7-9-16(24-6)10-8-15/h7-10,14H,11H2,1-6H3,(H,19,23)/t14-/m0/s1. The van der Waals surface area contributed by atoms with Gasteiger partial charge in [0.15, 0.2) is 0 Å². The van der Waals surface area contributed by atoms with Crippen molar-refractivity contribution in [2.45, 2.75) is 38.3 Å². The minimum Gasteiger partial charge on any atom is -0.322 e. The molecule has 1 aromatic heterocycles. The summed E-state index contributed by atoms with van der Waals surface area (Å²) < 4.78 is 1.78. The number of hydrogen-bond acceptors (Lipinski definition) is 4. The summed E-state index contributed by atoms with van der Waals surface area (Å²) >= 11 is 1.73. The minimum absolute atomic E-state index is 0.0163. The van der Waals surface area contributed by atoms with E-state index in [-0.39, 0.29) is 11.9 Å². The van der Waals surface area contributed by atoms with Gasteiger partial charge in [-0.2, -0.15) is 5.10 Å². The third-order valence-electron chi connectivity index (χ3n) is 4.39. The molecule has 1 amide bonds. The molecule has 6 heteroatoms. The lowest BCUT2D eigenvalue weighted by Crippen LogP contribution is -2.39. The Labute approximate surface area is 148 Å². The van der Waals surface area contributed by atoms with E-state index in [4.69, 9.17) is 0 Å². The summed E-state index contributed by atoms with van der Waals surface area (Å²) in [5.74, 6) is -0.0163. The monoisotopic (exact) mass is 346 g/mol. The maximum Gasteiger partial charge on any atom is 0.241 e.